The molecule has 1 heterocycles. The molecule has 1 saturated carbocycles. The Balaban J connectivity index is 1.63. The van der Waals surface area contributed by atoms with Crippen molar-refractivity contribution in [3.05, 3.63) is 22.4 Å². The van der Waals surface area contributed by atoms with Crippen LogP contribution in [0.3, 0.4) is 0 Å². The van der Waals surface area contributed by atoms with E-state index in [4.69, 9.17) is 5.73 Å². The Morgan fingerprint density at radius 1 is 1.30 bits per heavy atom. The molecule has 1 aliphatic carbocycles. The third-order valence-corrected chi connectivity index (χ3v) is 5.15. The summed E-state index contributed by atoms with van der Waals surface area (Å²) >= 11 is 1.50. The largest absolute Gasteiger partial charge is 0.352 e. The number of carbonyl (C=O) groups excluding carboxylic acids is 2. The molecule has 128 valence electrons. The number of nitrogens with one attached hydrogen (secondary N) is 2. The van der Waals surface area contributed by atoms with Gasteiger partial charge < -0.3 is 16.4 Å². The van der Waals surface area contributed by atoms with Gasteiger partial charge >= 0.3 is 0 Å². The molecule has 1 unspecified atom stereocenters. The highest BCUT2D eigenvalue weighted by molar-refractivity contribution is 7.08. The minimum Gasteiger partial charge on any atom is -0.352 e. The molecule has 2 rings (SSSR count). The van der Waals surface area contributed by atoms with Crippen LogP contribution >= 0.6 is 11.3 Å². The fourth-order valence-electron chi connectivity index (χ4n) is 3.13. The van der Waals surface area contributed by atoms with Crippen molar-refractivity contribution >= 4 is 23.2 Å². The van der Waals surface area contributed by atoms with E-state index in [0.29, 0.717) is 37.4 Å². The van der Waals surface area contributed by atoms with Gasteiger partial charge in [0.25, 0.3) is 5.91 Å². The molecule has 0 aromatic carbocycles. The number of rotatable bonds is 8. The van der Waals surface area contributed by atoms with Crippen molar-refractivity contribution in [1.29, 1.82) is 0 Å². The van der Waals surface area contributed by atoms with Crippen molar-refractivity contribution in [2.75, 3.05) is 13.1 Å². The zero-order chi connectivity index (χ0) is 16.5. The molecule has 1 aromatic heterocycles. The van der Waals surface area contributed by atoms with Gasteiger partial charge in [-0.1, -0.05) is 19.3 Å². The van der Waals surface area contributed by atoms with Crippen LogP contribution in [0.15, 0.2) is 16.8 Å². The van der Waals surface area contributed by atoms with E-state index in [2.05, 4.69) is 10.6 Å². The lowest BCUT2D eigenvalue weighted by Gasteiger charge is -2.30. The quantitative estimate of drug-likeness (QED) is 0.636. The molecule has 6 heteroatoms. The van der Waals surface area contributed by atoms with Crippen LogP contribution in [0.1, 0.15) is 55.3 Å². The molecule has 0 aliphatic heterocycles. The summed E-state index contributed by atoms with van der Waals surface area (Å²) < 4.78 is 0. The molecule has 0 bridgehead atoms. The Hall–Kier alpha value is -1.40. The van der Waals surface area contributed by atoms with Crippen molar-refractivity contribution in [2.24, 2.45) is 11.7 Å². The van der Waals surface area contributed by atoms with Gasteiger partial charge in [0.05, 0.1) is 0 Å². The van der Waals surface area contributed by atoms with E-state index in [1.165, 1.54) is 43.4 Å². The van der Waals surface area contributed by atoms with Crippen LogP contribution in [0.5, 0.6) is 0 Å². The highest BCUT2D eigenvalue weighted by Gasteiger charge is 2.23. The Morgan fingerprint density at radius 3 is 2.74 bits per heavy atom. The van der Waals surface area contributed by atoms with Gasteiger partial charge in [-0.05, 0) is 36.6 Å². The fraction of sp³-hybridized carbons (Fsp3) is 0.647. The average molecular weight is 337 g/mol. The maximum atomic E-state index is 12.1. The van der Waals surface area contributed by atoms with Crippen molar-refractivity contribution in [3.63, 3.8) is 0 Å². The highest BCUT2D eigenvalue weighted by Crippen LogP contribution is 2.26. The first-order valence-electron chi connectivity index (χ1n) is 8.50. The van der Waals surface area contributed by atoms with Gasteiger partial charge in [-0.3, -0.25) is 9.59 Å². The first-order valence-corrected chi connectivity index (χ1v) is 9.45. The first-order chi connectivity index (χ1) is 11.2. The first kappa shape index (κ1) is 17.9. The number of nitrogens with two attached hydrogens (primary N) is 1. The van der Waals surface area contributed by atoms with Crippen molar-refractivity contribution in [2.45, 2.75) is 51.0 Å². The van der Waals surface area contributed by atoms with Crippen molar-refractivity contribution < 1.29 is 9.59 Å². The second kappa shape index (κ2) is 9.67. The number of thiophene rings is 1. The maximum Gasteiger partial charge on any atom is 0.252 e. The molecule has 5 nitrogen and oxygen atoms in total. The van der Waals surface area contributed by atoms with Gasteiger partial charge in [-0.15, -0.1) is 0 Å². The SMILES string of the molecule is NCC(NC(=O)CCCNC(=O)c1ccsc1)C1CCCCC1. The zero-order valence-corrected chi connectivity index (χ0v) is 14.4. The standard InChI is InChI=1S/C17H27N3O2S/c18-11-15(13-5-2-1-3-6-13)20-16(21)7-4-9-19-17(22)14-8-10-23-12-14/h8,10,12-13,15H,1-7,9,11,18H2,(H,19,22)(H,20,21). The smallest absolute Gasteiger partial charge is 0.252 e. The topological polar surface area (TPSA) is 84.2 Å². The summed E-state index contributed by atoms with van der Waals surface area (Å²) in [5.74, 6) is 0.487. The summed E-state index contributed by atoms with van der Waals surface area (Å²) in [6.45, 7) is 1.02. The van der Waals surface area contributed by atoms with E-state index in [9.17, 15) is 9.59 Å². The molecule has 2 amide bonds. The van der Waals surface area contributed by atoms with Crippen LogP contribution < -0.4 is 16.4 Å². The van der Waals surface area contributed by atoms with Gasteiger partial charge in [-0.25, -0.2) is 0 Å². The fourth-order valence-corrected chi connectivity index (χ4v) is 3.77. The second-order valence-electron chi connectivity index (χ2n) is 6.18. The Bertz CT molecular complexity index is 484. The van der Waals surface area contributed by atoms with Gasteiger partial charge in [0.15, 0.2) is 0 Å². The van der Waals surface area contributed by atoms with E-state index in [-0.39, 0.29) is 17.9 Å². The monoisotopic (exact) mass is 337 g/mol. The molecular weight excluding hydrogens is 310 g/mol. The van der Waals surface area contributed by atoms with Crippen LogP contribution in [-0.2, 0) is 4.79 Å². The van der Waals surface area contributed by atoms with Crippen LogP contribution in [0, 0.1) is 5.92 Å². The number of hydrogen-bond donors (Lipinski definition) is 3. The van der Waals surface area contributed by atoms with Gasteiger partial charge in [0, 0.05) is 36.5 Å². The Labute approximate surface area is 142 Å². The predicted molar refractivity (Wildman–Crippen MR) is 93.4 cm³/mol. The average Bonchev–Trinajstić information content (AvgIpc) is 3.12. The van der Waals surface area contributed by atoms with Crippen LogP contribution in [0.2, 0.25) is 0 Å². The minimum absolute atomic E-state index is 0.0378. The number of hydrogen-bond acceptors (Lipinski definition) is 4. The molecule has 0 radical (unpaired) electrons. The van der Waals surface area contributed by atoms with Crippen molar-refractivity contribution in [1.82, 2.24) is 10.6 Å². The number of amides is 2. The summed E-state index contributed by atoms with van der Waals surface area (Å²) in [5.41, 5.74) is 6.51. The molecule has 1 aliphatic rings. The lowest BCUT2D eigenvalue weighted by molar-refractivity contribution is -0.122. The van der Waals surface area contributed by atoms with Gasteiger partial charge in [-0.2, -0.15) is 11.3 Å². The van der Waals surface area contributed by atoms with Crippen LogP contribution in [-0.4, -0.2) is 30.9 Å². The molecule has 1 atom stereocenters. The van der Waals surface area contributed by atoms with E-state index in [0.717, 1.165) is 0 Å². The van der Waals surface area contributed by atoms with Gasteiger partial charge in [0.2, 0.25) is 5.91 Å². The minimum atomic E-state index is -0.0753. The Kier molecular flexibility index (Phi) is 7.55. The summed E-state index contributed by atoms with van der Waals surface area (Å²) in [6.07, 6.45) is 7.18. The normalized spacial score (nSPS) is 16.7. The Morgan fingerprint density at radius 2 is 2.09 bits per heavy atom. The molecule has 1 aromatic rings. The third kappa shape index (κ3) is 5.95. The highest BCUT2D eigenvalue weighted by atomic mass is 32.1. The van der Waals surface area contributed by atoms with Crippen LogP contribution in [0.4, 0.5) is 0 Å². The van der Waals surface area contributed by atoms with E-state index < -0.39 is 0 Å². The zero-order valence-electron chi connectivity index (χ0n) is 13.6. The molecule has 1 fully saturated rings. The summed E-state index contributed by atoms with van der Waals surface area (Å²) in [5, 5.41) is 9.60. The predicted octanol–water partition coefficient (Wildman–Crippen LogP) is 2.28. The molecule has 0 saturated heterocycles. The van der Waals surface area contributed by atoms with Crippen LogP contribution in [0.25, 0.3) is 0 Å². The lowest BCUT2D eigenvalue weighted by atomic mass is 9.84. The van der Waals surface area contributed by atoms with E-state index in [1.54, 1.807) is 6.07 Å². The van der Waals surface area contributed by atoms with E-state index >= 15 is 0 Å². The van der Waals surface area contributed by atoms with E-state index in [1.807, 2.05) is 10.8 Å². The lowest BCUT2D eigenvalue weighted by Crippen LogP contribution is -2.46. The maximum absolute atomic E-state index is 12.1. The molecule has 0 spiro atoms. The summed E-state index contributed by atoms with van der Waals surface area (Å²) in [6, 6.07) is 1.89. The molecule has 4 N–H and O–H groups in total. The second-order valence-corrected chi connectivity index (χ2v) is 6.96. The molecule has 23 heavy (non-hydrogen) atoms. The van der Waals surface area contributed by atoms with Crippen molar-refractivity contribution in [3.8, 4) is 0 Å². The summed E-state index contributed by atoms with van der Waals surface area (Å²) in [4.78, 5) is 23.8. The third-order valence-electron chi connectivity index (χ3n) is 4.47. The molecular formula is C17H27N3O2S. The number of carbonyl (C=O) groups is 2. The van der Waals surface area contributed by atoms with Gasteiger partial charge in [0.1, 0.15) is 0 Å². The summed E-state index contributed by atoms with van der Waals surface area (Å²) in [7, 11) is 0.